The summed E-state index contributed by atoms with van der Waals surface area (Å²) in [6.07, 6.45) is -0.216. The third kappa shape index (κ3) is 6.92. The van der Waals surface area contributed by atoms with E-state index in [9.17, 15) is 26.4 Å². The second-order valence-corrected chi connectivity index (χ2v) is 13.4. The van der Waals surface area contributed by atoms with E-state index in [0.29, 0.717) is 46.4 Å². The summed E-state index contributed by atoms with van der Waals surface area (Å²) in [4.78, 5) is 21.9. The van der Waals surface area contributed by atoms with Crippen LogP contribution in [-0.4, -0.2) is 41.2 Å². The molecule has 0 radical (unpaired) electrons. The lowest BCUT2D eigenvalue weighted by atomic mass is 10.1. The van der Waals surface area contributed by atoms with E-state index in [2.05, 4.69) is 20.6 Å². The first-order chi connectivity index (χ1) is 20.0. The number of rotatable bonds is 9. The maximum atomic E-state index is 13.2. The van der Waals surface area contributed by atoms with Gasteiger partial charge in [0, 0.05) is 37.6 Å². The van der Waals surface area contributed by atoms with Crippen molar-refractivity contribution in [1.82, 2.24) is 19.6 Å². The van der Waals surface area contributed by atoms with Gasteiger partial charge in [0.05, 0.1) is 15.6 Å². The Kier molecular flexibility index (Phi) is 8.83. The van der Waals surface area contributed by atoms with Gasteiger partial charge >= 0.3 is 6.18 Å². The Morgan fingerprint density at radius 1 is 1.07 bits per heavy atom. The van der Waals surface area contributed by atoms with Gasteiger partial charge in [0.1, 0.15) is 16.1 Å². The van der Waals surface area contributed by atoms with Crippen LogP contribution in [-0.2, 0) is 34.1 Å². The van der Waals surface area contributed by atoms with Crippen LogP contribution in [0.25, 0.3) is 11.3 Å². The Bertz CT molecular complexity index is 1670. The van der Waals surface area contributed by atoms with Crippen LogP contribution in [0.15, 0.2) is 77.3 Å². The molecule has 4 heterocycles. The molecule has 14 heteroatoms. The number of anilines is 1. The number of sulfonamides is 1. The number of aromatic nitrogens is 2. The number of thiophene rings is 1. The van der Waals surface area contributed by atoms with Crippen molar-refractivity contribution < 1.29 is 26.4 Å². The summed E-state index contributed by atoms with van der Waals surface area (Å²) in [6, 6.07) is 13.8. The van der Waals surface area contributed by atoms with Gasteiger partial charge in [0.15, 0.2) is 0 Å². The van der Waals surface area contributed by atoms with E-state index < -0.39 is 33.7 Å². The minimum absolute atomic E-state index is 0.0474. The number of alkyl halides is 3. The summed E-state index contributed by atoms with van der Waals surface area (Å²) in [5, 5.41) is 6.02. The molecule has 1 fully saturated rings. The molecule has 0 aliphatic carbocycles. The highest BCUT2D eigenvalue weighted by molar-refractivity contribution is 7.91. The van der Waals surface area contributed by atoms with Crippen molar-refractivity contribution in [2.24, 2.45) is 0 Å². The third-order valence-electron chi connectivity index (χ3n) is 6.67. The molecule has 1 aromatic carbocycles. The van der Waals surface area contributed by atoms with Gasteiger partial charge in [-0.3, -0.25) is 9.78 Å². The summed E-state index contributed by atoms with van der Waals surface area (Å²) in [7, 11) is -3.89. The van der Waals surface area contributed by atoms with Crippen LogP contribution in [0.1, 0.15) is 29.5 Å². The fraction of sp³-hybridized carbons (Fsp3) is 0.250. The molecule has 8 nitrogen and oxygen atoms in total. The molecular weight excluding hydrogens is 611 g/mol. The summed E-state index contributed by atoms with van der Waals surface area (Å²) >= 11 is 6.87. The molecule has 1 aliphatic heterocycles. The van der Waals surface area contributed by atoms with Crippen LogP contribution >= 0.6 is 22.9 Å². The van der Waals surface area contributed by atoms with Crippen LogP contribution < -0.4 is 10.6 Å². The number of halogens is 4. The maximum absolute atomic E-state index is 13.2. The van der Waals surface area contributed by atoms with Gasteiger partial charge in [-0.1, -0.05) is 29.8 Å². The van der Waals surface area contributed by atoms with Crippen molar-refractivity contribution >= 4 is 44.7 Å². The molecule has 1 atom stereocenters. The number of benzene rings is 1. The second kappa shape index (κ2) is 12.4. The van der Waals surface area contributed by atoms with E-state index in [1.165, 1.54) is 28.6 Å². The van der Waals surface area contributed by atoms with E-state index in [4.69, 9.17) is 11.6 Å². The molecule has 42 heavy (non-hydrogen) atoms. The monoisotopic (exact) mass is 635 g/mol. The molecule has 3 aromatic heterocycles. The highest BCUT2D eigenvalue weighted by Gasteiger charge is 2.40. The molecule has 5 rings (SSSR count). The molecule has 1 amide bonds. The number of carbonyl (C=O) groups is 1. The zero-order valence-corrected chi connectivity index (χ0v) is 24.3. The Hall–Kier alpha value is -3.52. The van der Waals surface area contributed by atoms with Crippen LogP contribution in [0, 0.1) is 0 Å². The van der Waals surface area contributed by atoms with Crippen molar-refractivity contribution in [3.05, 3.63) is 94.1 Å². The topological polar surface area (TPSA) is 104 Å². The highest BCUT2D eigenvalue weighted by atomic mass is 35.5. The van der Waals surface area contributed by atoms with E-state index >= 15 is 0 Å². The standard InChI is InChI=1S/C28H25ClF3N5O3S2/c29-24-9-10-26(41-24)42(39,40)37-12-2-4-23(37)27(38)35-17-19-13-22(20-5-7-21(8-6-20)28(30,31)32)36-25(14-19)34-16-18-3-1-11-33-15-18/h1,3,5-11,13-15,23H,2,4,12,16-17H2,(H,34,36)(H,35,38)/t23-/m0/s1. The number of nitrogens with zero attached hydrogens (tertiary/aromatic N) is 3. The first-order valence-electron chi connectivity index (χ1n) is 12.9. The molecule has 0 spiro atoms. The molecule has 1 saturated heterocycles. The van der Waals surface area contributed by atoms with E-state index in [1.807, 2.05) is 6.07 Å². The minimum atomic E-state index is -4.47. The van der Waals surface area contributed by atoms with Crippen LogP contribution in [0.3, 0.4) is 0 Å². The van der Waals surface area contributed by atoms with E-state index in [0.717, 1.165) is 29.0 Å². The lowest BCUT2D eigenvalue weighted by Crippen LogP contribution is -2.45. The summed E-state index contributed by atoms with van der Waals surface area (Å²) in [5.74, 6) is -0.00312. The zero-order chi connectivity index (χ0) is 29.9. The lowest BCUT2D eigenvalue weighted by molar-refractivity contribution is -0.137. The Morgan fingerprint density at radius 3 is 2.52 bits per heavy atom. The smallest absolute Gasteiger partial charge is 0.366 e. The lowest BCUT2D eigenvalue weighted by Gasteiger charge is -2.22. The fourth-order valence-corrected chi connectivity index (χ4v) is 7.87. The minimum Gasteiger partial charge on any atom is -0.366 e. The Morgan fingerprint density at radius 2 is 1.86 bits per heavy atom. The molecule has 220 valence electrons. The fourth-order valence-electron chi connectivity index (χ4n) is 4.60. The Balaban J connectivity index is 1.36. The van der Waals surface area contributed by atoms with Gasteiger partial charge in [-0.15, -0.1) is 11.3 Å². The van der Waals surface area contributed by atoms with Crippen molar-refractivity contribution in [2.75, 3.05) is 11.9 Å². The van der Waals surface area contributed by atoms with E-state index in [-0.39, 0.29) is 17.3 Å². The quantitative estimate of drug-likeness (QED) is 0.235. The van der Waals surface area contributed by atoms with Crippen molar-refractivity contribution in [1.29, 1.82) is 0 Å². The van der Waals surface area contributed by atoms with Gasteiger partial charge in [-0.05, 0) is 66.4 Å². The van der Waals surface area contributed by atoms with E-state index in [1.54, 1.807) is 30.6 Å². The highest BCUT2D eigenvalue weighted by Crippen LogP contribution is 2.33. The molecule has 0 bridgehead atoms. The van der Waals surface area contributed by atoms with Gasteiger partial charge in [0.25, 0.3) is 10.0 Å². The summed E-state index contributed by atoms with van der Waals surface area (Å²) in [5.41, 5.74) is 1.61. The van der Waals surface area contributed by atoms with Crippen molar-refractivity contribution in [3.8, 4) is 11.3 Å². The third-order valence-corrected chi connectivity index (χ3v) is 10.3. The molecular formula is C28H25ClF3N5O3S2. The van der Waals surface area contributed by atoms with Crippen LogP contribution in [0.2, 0.25) is 4.34 Å². The van der Waals surface area contributed by atoms with Crippen molar-refractivity contribution in [3.63, 3.8) is 0 Å². The van der Waals surface area contributed by atoms with Crippen molar-refractivity contribution in [2.45, 2.75) is 42.4 Å². The predicted octanol–water partition coefficient (Wildman–Crippen LogP) is 5.96. The molecule has 4 aromatic rings. The van der Waals surface area contributed by atoms with Gasteiger partial charge in [0.2, 0.25) is 5.91 Å². The maximum Gasteiger partial charge on any atom is 0.416 e. The van der Waals surface area contributed by atoms with Gasteiger partial charge in [-0.2, -0.15) is 17.5 Å². The molecule has 2 N–H and O–H groups in total. The number of pyridine rings is 2. The summed E-state index contributed by atoms with van der Waals surface area (Å²) in [6.45, 7) is 0.655. The number of hydrogen-bond donors (Lipinski definition) is 2. The average Bonchev–Trinajstić information content (AvgIpc) is 3.65. The summed E-state index contributed by atoms with van der Waals surface area (Å²) < 4.78 is 67.2. The van der Waals surface area contributed by atoms with Gasteiger partial charge in [-0.25, -0.2) is 13.4 Å². The first-order valence-corrected chi connectivity index (χ1v) is 15.5. The number of hydrogen-bond acceptors (Lipinski definition) is 7. The molecule has 0 saturated carbocycles. The first kappa shape index (κ1) is 30.0. The molecule has 1 aliphatic rings. The molecule has 0 unspecified atom stereocenters. The largest absolute Gasteiger partial charge is 0.416 e. The van der Waals surface area contributed by atoms with Crippen LogP contribution in [0.4, 0.5) is 19.0 Å². The number of carbonyl (C=O) groups excluding carboxylic acids is 1. The second-order valence-electron chi connectivity index (χ2n) is 9.59. The SMILES string of the molecule is O=C(NCc1cc(NCc2cccnc2)nc(-c2ccc(C(F)(F)F)cc2)c1)[C@@H]1CCCN1S(=O)(=O)c1ccc(Cl)s1. The Labute approximate surface area is 249 Å². The normalized spacial score (nSPS) is 16.0. The number of amides is 1. The van der Waals surface area contributed by atoms with Crippen LogP contribution in [0.5, 0.6) is 0 Å². The predicted molar refractivity (Wildman–Crippen MR) is 154 cm³/mol. The average molecular weight is 636 g/mol. The zero-order valence-electron chi connectivity index (χ0n) is 21.9. The number of nitrogens with one attached hydrogen (secondary N) is 2. The van der Waals surface area contributed by atoms with Gasteiger partial charge < -0.3 is 10.6 Å².